The smallest absolute Gasteiger partial charge is 0.0930 e. The molecule has 146 valence electrons. The van der Waals surface area contributed by atoms with Crippen molar-refractivity contribution in [3.63, 3.8) is 0 Å². The summed E-state index contributed by atoms with van der Waals surface area (Å²) in [5.74, 6) is 0. The van der Waals surface area contributed by atoms with Crippen molar-refractivity contribution in [1.29, 1.82) is 0 Å². The number of hydrogen-bond acceptors (Lipinski definition) is 3. The van der Waals surface area contributed by atoms with E-state index in [0.29, 0.717) is 0 Å². The van der Waals surface area contributed by atoms with Crippen LogP contribution in [0.5, 0.6) is 0 Å². The van der Waals surface area contributed by atoms with Gasteiger partial charge < -0.3 is 5.21 Å². The van der Waals surface area contributed by atoms with Crippen molar-refractivity contribution in [2.45, 2.75) is 25.3 Å². The molecule has 4 nitrogen and oxygen atoms in total. The van der Waals surface area contributed by atoms with Crippen LogP contribution in [-0.2, 0) is 0 Å². The van der Waals surface area contributed by atoms with Gasteiger partial charge in [-0.1, -0.05) is 61.0 Å². The third kappa shape index (κ3) is 3.19. The first-order valence-corrected chi connectivity index (χ1v) is 10.4. The fourth-order valence-electron chi connectivity index (χ4n) is 4.63. The predicted molar refractivity (Wildman–Crippen MR) is 116 cm³/mol. The van der Waals surface area contributed by atoms with Gasteiger partial charge in [0.1, 0.15) is 0 Å². The minimum Gasteiger partial charge on any atom is -0.428 e. The highest BCUT2D eigenvalue weighted by Gasteiger charge is 2.32. The lowest BCUT2D eigenvalue weighted by molar-refractivity contribution is 0.181. The van der Waals surface area contributed by atoms with Crippen LogP contribution in [0.15, 0.2) is 79.0 Å². The number of hydrogen-bond donors (Lipinski definition) is 1. The summed E-state index contributed by atoms with van der Waals surface area (Å²) in [6.07, 6.45) is 5.54. The molecule has 1 saturated heterocycles. The molecule has 5 rings (SSSR count). The lowest BCUT2D eigenvalue weighted by atomic mass is 9.93. The molecule has 2 aromatic heterocycles. The summed E-state index contributed by atoms with van der Waals surface area (Å²) in [6, 6.07) is 24.4. The van der Waals surface area contributed by atoms with Crippen molar-refractivity contribution in [2.24, 2.45) is 0 Å². The molecule has 4 aromatic rings. The van der Waals surface area contributed by atoms with Crippen molar-refractivity contribution >= 4 is 10.9 Å². The molecule has 1 aliphatic rings. The molecule has 0 spiro atoms. The Morgan fingerprint density at radius 3 is 2.28 bits per heavy atom. The number of fused-ring (bicyclic) bond motifs is 1. The standard InChI is InChI=1S/C25H25N3O/c29-28-22-15-6-5-13-20(22)23(24(28)19-11-3-1-4-12-19)25(21-14-7-8-16-26-21)27-17-9-2-10-18-27/h1,3-8,11-16,25,29H,2,9-10,17-18H2. The van der Waals surface area contributed by atoms with Gasteiger partial charge in [-0.25, -0.2) is 0 Å². The van der Waals surface area contributed by atoms with E-state index in [4.69, 9.17) is 4.98 Å². The number of likely N-dealkylation sites (tertiary alicyclic amines) is 1. The van der Waals surface area contributed by atoms with E-state index in [-0.39, 0.29) is 6.04 Å². The van der Waals surface area contributed by atoms with Crippen molar-refractivity contribution in [3.05, 3.63) is 90.3 Å². The van der Waals surface area contributed by atoms with Gasteiger partial charge in [-0.05, 0) is 44.1 Å². The second-order valence-corrected chi connectivity index (χ2v) is 7.71. The molecule has 0 bridgehead atoms. The Kier molecular flexibility index (Phi) is 4.78. The molecular weight excluding hydrogens is 358 g/mol. The molecule has 1 unspecified atom stereocenters. The summed E-state index contributed by atoms with van der Waals surface area (Å²) in [7, 11) is 0. The second-order valence-electron chi connectivity index (χ2n) is 7.71. The minimum atomic E-state index is 0.00464. The molecule has 3 heterocycles. The maximum absolute atomic E-state index is 11.2. The van der Waals surface area contributed by atoms with Crippen LogP contribution < -0.4 is 0 Å². The van der Waals surface area contributed by atoms with Crippen molar-refractivity contribution in [1.82, 2.24) is 14.6 Å². The lowest BCUT2D eigenvalue weighted by Crippen LogP contribution is -2.35. The van der Waals surface area contributed by atoms with E-state index in [9.17, 15) is 5.21 Å². The SMILES string of the molecule is On1c(-c2ccccc2)c(C(c2ccccn2)N2CCCCC2)c2ccccc21. The average Bonchev–Trinajstić information content (AvgIpc) is 3.09. The summed E-state index contributed by atoms with van der Waals surface area (Å²) in [4.78, 5) is 7.28. The van der Waals surface area contributed by atoms with Crippen molar-refractivity contribution in [3.8, 4) is 11.3 Å². The Balaban J connectivity index is 1.81. The topological polar surface area (TPSA) is 41.3 Å². The number of benzene rings is 2. The van der Waals surface area contributed by atoms with Crippen LogP contribution >= 0.6 is 0 Å². The van der Waals surface area contributed by atoms with Gasteiger partial charge in [-0.15, -0.1) is 0 Å². The van der Waals surface area contributed by atoms with Crippen LogP contribution in [0.1, 0.15) is 36.6 Å². The van der Waals surface area contributed by atoms with Gasteiger partial charge in [0, 0.05) is 22.7 Å². The Morgan fingerprint density at radius 2 is 1.52 bits per heavy atom. The molecule has 4 heteroatoms. The number of para-hydroxylation sites is 1. The minimum absolute atomic E-state index is 0.00464. The molecule has 2 aromatic carbocycles. The first-order valence-electron chi connectivity index (χ1n) is 10.4. The first kappa shape index (κ1) is 18.0. The summed E-state index contributed by atoms with van der Waals surface area (Å²) in [5, 5.41) is 12.3. The molecular formula is C25H25N3O. The average molecular weight is 383 g/mol. The van der Waals surface area contributed by atoms with E-state index in [1.165, 1.54) is 24.0 Å². The van der Waals surface area contributed by atoms with Gasteiger partial charge in [-0.3, -0.25) is 9.88 Å². The Morgan fingerprint density at radius 1 is 0.793 bits per heavy atom. The second kappa shape index (κ2) is 7.72. The molecule has 1 N–H and O–H groups in total. The monoisotopic (exact) mass is 383 g/mol. The molecule has 0 amide bonds. The van der Waals surface area contributed by atoms with Crippen molar-refractivity contribution < 1.29 is 5.21 Å². The van der Waals surface area contributed by atoms with Gasteiger partial charge in [-0.2, -0.15) is 4.73 Å². The first-order chi connectivity index (χ1) is 14.3. The maximum Gasteiger partial charge on any atom is 0.0930 e. The number of aromatic nitrogens is 2. The van der Waals surface area contributed by atoms with E-state index < -0.39 is 0 Å². The van der Waals surface area contributed by atoms with Crippen LogP contribution in [0.4, 0.5) is 0 Å². The molecule has 29 heavy (non-hydrogen) atoms. The molecule has 0 aliphatic carbocycles. The molecule has 1 fully saturated rings. The highest BCUT2D eigenvalue weighted by molar-refractivity contribution is 5.92. The van der Waals surface area contributed by atoms with E-state index in [1.54, 1.807) is 0 Å². The Bertz CT molecular complexity index is 1100. The van der Waals surface area contributed by atoms with Gasteiger partial charge in [0.2, 0.25) is 0 Å². The summed E-state index contributed by atoms with van der Waals surface area (Å²) in [6.45, 7) is 2.08. The highest BCUT2D eigenvalue weighted by atomic mass is 16.5. The van der Waals surface area contributed by atoms with Gasteiger partial charge in [0.05, 0.1) is 22.9 Å². The Hall–Kier alpha value is -3.11. The summed E-state index contributed by atoms with van der Waals surface area (Å²) in [5.41, 5.74) is 4.87. The normalized spacial score (nSPS) is 16.1. The van der Waals surface area contributed by atoms with Gasteiger partial charge in [0.25, 0.3) is 0 Å². The quantitative estimate of drug-likeness (QED) is 0.472. The molecule has 1 atom stereocenters. The van der Waals surface area contributed by atoms with Crippen LogP contribution in [0.3, 0.4) is 0 Å². The zero-order valence-electron chi connectivity index (χ0n) is 16.4. The summed E-state index contributed by atoms with van der Waals surface area (Å²) >= 11 is 0. The fraction of sp³-hybridized carbons (Fsp3) is 0.240. The Labute approximate surface area is 171 Å². The van der Waals surface area contributed by atoms with E-state index >= 15 is 0 Å². The van der Waals surface area contributed by atoms with Crippen LogP contribution in [-0.4, -0.2) is 32.9 Å². The summed E-state index contributed by atoms with van der Waals surface area (Å²) < 4.78 is 1.36. The fourth-order valence-corrected chi connectivity index (χ4v) is 4.63. The predicted octanol–water partition coefficient (Wildman–Crippen LogP) is 5.52. The van der Waals surface area contributed by atoms with E-state index in [2.05, 4.69) is 35.2 Å². The number of nitrogens with zero attached hydrogens (tertiary/aromatic N) is 3. The molecule has 0 saturated carbocycles. The third-order valence-corrected chi connectivity index (χ3v) is 5.93. The van der Waals surface area contributed by atoms with E-state index in [0.717, 1.165) is 46.5 Å². The largest absolute Gasteiger partial charge is 0.428 e. The number of rotatable bonds is 4. The van der Waals surface area contributed by atoms with Gasteiger partial charge in [0.15, 0.2) is 0 Å². The zero-order valence-corrected chi connectivity index (χ0v) is 16.4. The zero-order chi connectivity index (χ0) is 19.6. The van der Waals surface area contributed by atoms with Crippen LogP contribution in [0, 0.1) is 0 Å². The third-order valence-electron chi connectivity index (χ3n) is 5.93. The highest BCUT2D eigenvalue weighted by Crippen LogP contribution is 2.42. The number of piperidine rings is 1. The van der Waals surface area contributed by atoms with Crippen molar-refractivity contribution in [2.75, 3.05) is 13.1 Å². The van der Waals surface area contributed by atoms with Crippen LogP contribution in [0.25, 0.3) is 22.2 Å². The lowest BCUT2D eigenvalue weighted by Gasteiger charge is -2.35. The van der Waals surface area contributed by atoms with Gasteiger partial charge >= 0.3 is 0 Å². The molecule has 0 radical (unpaired) electrons. The molecule has 1 aliphatic heterocycles. The maximum atomic E-state index is 11.2. The number of pyridine rings is 1. The van der Waals surface area contributed by atoms with E-state index in [1.807, 2.05) is 48.7 Å². The van der Waals surface area contributed by atoms with Crippen LogP contribution in [0.2, 0.25) is 0 Å².